The van der Waals surface area contributed by atoms with Gasteiger partial charge in [0.25, 0.3) is 0 Å². The van der Waals surface area contributed by atoms with Gasteiger partial charge < -0.3 is 15.5 Å². The quantitative estimate of drug-likeness (QED) is 0.867. The van der Waals surface area contributed by atoms with Crippen molar-refractivity contribution in [3.05, 3.63) is 24.0 Å². The van der Waals surface area contributed by atoms with Gasteiger partial charge in [0.1, 0.15) is 0 Å². The Morgan fingerprint density at radius 3 is 2.38 bits per heavy atom. The smallest absolute Gasteiger partial charge is 0.228 e. The van der Waals surface area contributed by atoms with Gasteiger partial charge in [-0.1, -0.05) is 0 Å². The average molecular weight is 288 g/mol. The van der Waals surface area contributed by atoms with Gasteiger partial charge in [0.05, 0.1) is 18.3 Å². The van der Waals surface area contributed by atoms with Crippen molar-refractivity contribution >= 4 is 17.5 Å². The molecule has 2 fully saturated rings. The van der Waals surface area contributed by atoms with Gasteiger partial charge in [0.2, 0.25) is 11.8 Å². The molecule has 1 aromatic heterocycles. The first kappa shape index (κ1) is 13.9. The third-order valence-corrected chi connectivity index (χ3v) is 4.05. The van der Waals surface area contributed by atoms with Crippen LogP contribution in [0, 0.1) is 5.92 Å². The molecular weight excluding hydrogens is 268 g/mol. The maximum atomic E-state index is 12.2. The molecule has 2 N–H and O–H groups in total. The predicted octanol–water partition coefficient (Wildman–Crippen LogP) is 0.287. The SMILES string of the molecule is Nc1ccc(CC(=O)N2CCN(C(=O)C3CC3)CC2)nc1. The van der Waals surface area contributed by atoms with E-state index in [1.807, 2.05) is 9.80 Å². The van der Waals surface area contributed by atoms with Crippen LogP contribution in [-0.4, -0.2) is 52.8 Å². The van der Waals surface area contributed by atoms with E-state index in [-0.39, 0.29) is 24.2 Å². The second kappa shape index (κ2) is 5.71. The minimum absolute atomic E-state index is 0.0609. The normalized spacial score (nSPS) is 18.7. The summed E-state index contributed by atoms with van der Waals surface area (Å²) >= 11 is 0. The van der Waals surface area contributed by atoms with Crippen LogP contribution in [0.4, 0.5) is 5.69 Å². The van der Waals surface area contributed by atoms with Crippen molar-refractivity contribution < 1.29 is 9.59 Å². The maximum absolute atomic E-state index is 12.2. The Morgan fingerprint density at radius 1 is 1.14 bits per heavy atom. The zero-order chi connectivity index (χ0) is 14.8. The molecule has 0 atom stereocenters. The molecule has 6 nitrogen and oxygen atoms in total. The molecule has 6 heteroatoms. The standard InChI is InChI=1S/C15H20N4O2/c16-12-3-4-13(17-10-12)9-14(20)18-5-7-19(8-6-18)15(21)11-1-2-11/h3-4,10-11H,1-2,5-9,16H2. The van der Waals surface area contributed by atoms with Crippen LogP contribution in [0.2, 0.25) is 0 Å². The minimum atomic E-state index is 0.0609. The van der Waals surface area contributed by atoms with Crippen molar-refractivity contribution in [1.82, 2.24) is 14.8 Å². The number of carbonyl (C=O) groups excluding carboxylic acids is 2. The molecule has 0 aromatic carbocycles. The second-order valence-corrected chi connectivity index (χ2v) is 5.74. The number of anilines is 1. The number of rotatable bonds is 3. The number of hydrogen-bond acceptors (Lipinski definition) is 4. The van der Waals surface area contributed by atoms with Crippen molar-refractivity contribution in [3.8, 4) is 0 Å². The van der Waals surface area contributed by atoms with E-state index in [0.717, 1.165) is 18.5 Å². The molecule has 0 bridgehead atoms. The summed E-state index contributed by atoms with van der Waals surface area (Å²) in [6.45, 7) is 2.53. The number of amides is 2. The summed E-state index contributed by atoms with van der Waals surface area (Å²) in [5.74, 6) is 0.583. The summed E-state index contributed by atoms with van der Waals surface area (Å²) in [4.78, 5) is 32.0. The maximum Gasteiger partial charge on any atom is 0.228 e. The Labute approximate surface area is 123 Å². The van der Waals surface area contributed by atoms with Crippen LogP contribution in [-0.2, 0) is 16.0 Å². The van der Waals surface area contributed by atoms with Gasteiger partial charge >= 0.3 is 0 Å². The van der Waals surface area contributed by atoms with Gasteiger partial charge in [-0.2, -0.15) is 0 Å². The highest BCUT2D eigenvalue weighted by Crippen LogP contribution is 2.31. The molecular formula is C15H20N4O2. The number of piperazine rings is 1. The van der Waals surface area contributed by atoms with E-state index in [1.165, 1.54) is 0 Å². The van der Waals surface area contributed by atoms with Crippen LogP contribution in [0.1, 0.15) is 18.5 Å². The van der Waals surface area contributed by atoms with Crippen molar-refractivity contribution in [2.24, 2.45) is 5.92 Å². The molecule has 0 radical (unpaired) electrons. The lowest BCUT2D eigenvalue weighted by molar-refractivity contribution is -0.140. The lowest BCUT2D eigenvalue weighted by Crippen LogP contribution is -2.51. The van der Waals surface area contributed by atoms with Gasteiger partial charge in [-0.25, -0.2) is 0 Å². The predicted molar refractivity (Wildman–Crippen MR) is 78.2 cm³/mol. The van der Waals surface area contributed by atoms with Crippen LogP contribution in [0.5, 0.6) is 0 Å². The van der Waals surface area contributed by atoms with Crippen LogP contribution < -0.4 is 5.73 Å². The fraction of sp³-hybridized carbons (Fsp3) is 0.533. The van der Waals surface area contributed by atoms with Crippen molar-refractivity contribution in [2.45, 2.75) is 19.3 Å². The van der Waals surface area contributed by atoms with Gasteiger partial charge in [0, 0.05) is 37.8 Å². The minimum Gasteiger partial charge on any atom is -0.397 e. The largest absolute Gasteiger partial charge is 0.397 e. The Morgan fingerprint density at radius 2 is 1.81 bits per heavy atom. The van der Waals surface area contributed by atoms with Crippen molar-refractivity contribution in [2.75, 3.05) is 31.9 Å². The molecule has 1 aromatic rings. The summed E-state index contributed by atoms with van der Waals surface area (Å²) in [5, 5.41) is 0. The molecule has 21 heavy (non-hydrogen) atoms. The third-order valence-electron chi connectivity index (χ3n) is 4.05. The van der Waals surface area contributed by atoms with Crippen molar-refractivity contribution in [3.63, 3.8) is 0 Å². The van der Waals surface area contributed by atoms with Gasteiger partial charge in [-0.3, -0.25) is 14.6 Å². The summed E-state index contributed by atoms with van der Waals surface area (Å²) in [7, 11) is 0. The van der Waals surface area contributed by atoms with E-state index >= 15 is 0 Å². The fourth-order valence-corrected chi connectivity index (χ4v) is 2.57. The van der Waals surface area contributed by atoms with E-state index in [1.54, 1.807) is 18.3 Å². The van der Waals surface area contributed by atoms with E-state index in [0.29, 0.717) is 31.9 Å². The molecule has 3 rings (SSSR count). The highest BCUT2D eigenvalue weighted by atomic mass is 16.2. The average Bonchev–Trinajstić information content (AvgIpc) is 3.34. The van der Waals surface area contributed by atoms with Crippen molar-refractivity contribution in [1.29, 1.82) is 0 Å². The number of aromatic nitrogens is 1. The summed E-state index contributed by atoms with van der Waals surface area (Å²) < 4.78 is 0. The first-order valence-corrected chi connectivity index (χ1v) is 7.40. The topological polar surface area (TPSA) is 79.5 Å². The molecule has 0 unspecified atom stereocenters. The van der Waals surface area contributed by atoms with Gasteiger partial charge in [0.15, 0.2) is 0 Å². The monoisotopic (exact) mass is 288 g/mol. The Hall–Kier alpha value is -2.11. The zero-order valence-corrected chi connectivity index (χ0v) is 12.0. The van der Waals surface area contributed by atoms with Gasteiger partial charge in [-0.15, -0.1) is 0 Å². The number of nitrogen functional groups attached to an aromatic ring is 1. The van der Waals surface area contributed by atoms with Crippen LogP contribution in [0.15, 0.2) is 18.3 Å². The molecule has 1 aliphatic heterocycles. The zero-order valence-electron chi connectivity index (χ0n) is 12.0. The Kier molecular flexibility index (Phi) is 3.77. The number of nitrogens with two attached hydrogens (primary N) is 1. The lowest BCUT2D eigenvalue weighted by atomic mass is 10.2. The Balaban J connectivity index is 1.50. The second-order valence-electron chi connectivity index (χ2n) is 5.74. The van der Waals surface area contributed by atoms with E-state index in [2.05, 4.69) is 4.98 Å². The summed E-state index contributed by atoms with van der Waals surface area (Å²) in [5.41, 5.74) is 6.90. The van der Waals surface area contributed by atoms with Gasteiger partial charge in [-0.05, 0) is 25.0 Å². The van der Waals surface area contributed by atoms with E-state index in [4.69, 9.17) is 5.73 Å². The Bertz CT molecular complexity index is 531. The third kappa shape index (κ3) is 3.32. The van der Waals surface area contributed by atoms with Crippen LogP contribution in [0.25, 0.3) is 0 Å². The number of carbonyl (C=O) groups is 2. The molecule has 2 aliphatic rings. The number of nitrogens with zero attached hydrogens (tertiary/aromatic N) is 3. The van der Waals surface area contributed by atoms with Crippen LogP contribution >= 0.6 is 0 Å². The molecule has 1 aliphatic carbocycles. The fourth-order valence-electron chi connectivity index (χ4n) is 2.57. The molecule has 2 amide bonds. The summed E-state index contributed by atoms with van der Waals surface area (Å²) in [6, 6.07) is 3.53. The lowest BCUT2D eigenvalue weighted by Gasteiger charge is -2.35. The number of hydrogen-bond donors (Lipinski definition) is 1. The van der Waals surface area contributed by atoms with E-state index in [9.17, 15) is 9.59 Å². The molecule has 1 saturated heterocycles. The number of pyridine rings is 1. The first-order chi connectivity index (χ1) is 10.1. The first-order valence-electron chi connectivity index (χ1n) is 7.40. The molecule has 1 saturated carbocycles. The molecule has 0 spiro atoms. The van der Waals surface area contributed by atoms with Crippen LogP contribution in [0.3, 0.4) is 0 Å². The molecule has 112 valence electrons. The highest BCUT2D eigenvalue weighted by molar-refractivity contribution is 5.82. The summed E-state index contributed by atoms with van der Waals surface area (Å²) in [6.07, 6.45) is 3.91. The van der Waals surface area contributed by atoms with E-state index < -0.39 is 0 Å². The molecule has 2 heterocycles. The highest BCUT2D eigenvalue weighted by Gasteiger charge is 2.35.